The van der Waals surface area contributed by atoms with Gasteiger partial charge in [-0.05, 0) is 31.7 Å². The van der Waals surface area contributed by atoms with Crippen molar-refractivity contribution in [3.8, 4) is 0 Å². The lowest BCUT2D eigenvalue weighted by Gasteiger charge is -2.20. The summed E-state index contributed by atoms with van der Waals surface area (Å²) in [7, 11) is 0. The summed E-state index contributed by atoms with van der Waals surface area (Å²) in [5.41, 5.74) is 0.809. The number of hydrogen-bond acceptors (Lipinski definition) is 5. The zero-order valence-electron chi connectivity index (χ0n) is 13.7. The number of amides is 2. The highest BCUT2D eigenvalue weighted by Crippen LogP contribution is 2.24. The van der Waals surface area contributed by atoms with Gasteiger partial charge in [0, 0.05) is 17.9 Å². The summed E-state index contributed by atoms with van der Waals surface area (Å²) in [5, 5.41) is 6.88. The largest absolute Gasteiger partial charge is 0.339 e. The minimum Gasteiger partial charge on any atom is -0.339 e. The third-order valence-electron chi connectivity index (χ3n) is 3.32. The second-order valence-corrected chi connectivity index (χ2v) is 5.85. The molecule has 1 aromatic carbocycles. The van der Waals surface area contributed by atoms with Crippen LogP contribution in [0.25, 0.3) is 0 Å². The molecular formula is C16H22N4O2S. The predicted octanol–water partition coefficient (Wildman–Crippen LogP) is 3.80. The summed E-state index contributed by atoms with van der Waals surface area (Å²) in [6, 6.07) is 7.56. The monoisotopic (exact) mass is 334 g/mol. The van der Waals surface area contributed by atoms with Crippen molar-refractivity contribution in [3.05, 3.63) is 36.0 Å². The summed E-state index contributed by atoms with van der Waals surface area (Å²) < 4.78 is 5.16. The molecule has 0 atom stereocenters. The molecule has 0 aliphatic carbocycles. The van der Waals surface area contributed by atoms with Gasteiger partial charge in [0.25, 0.3) is 0 Å². The third-order valence-corrected chi connectivity index (χ3v) is 4.12. The number of anilines is 1. The topological polar surface area (TPSA) is 71.3 Å². The Bertz CT molecular complexity index is 645. The summed E-state index contributed by atoms with van der Waals surface area (Å²) in [5.74, 6) is 1.15. The lowest BCUT2D eigenvalue weighted by atomic mass is 10.3. The van der Waals surface area contributed by atoms with E-state index in [9.17, 15) is 4.79 Å². The van der Waals surface area contributed by atoms with E-state index in [2.05, 4.69) is 22.4 Å². The van der Waals surface area contributed by atoms with E-state index >= 15 is 0 Å². The number of aryl methyl sites for hydroxylation is 1. The number of urea groups is 1. The van der Waals surface area contributed by atoms with Crippen LogP contribution in [0, 0.1) is 0 Å². The Labute approximate surface area is 140 Å². The van der Waals surface area contributed by atoms with Gasteiger partial charge in [0.15, 0.2) is 5.82 Å². The SMILES string of the molecule is CCCc1nc(CN(CC)C(=O)Nc2ccccc2SC)no1. The Balaban J connectivity index is 2.03. The first-order valence-electron chi connectivity index (χ1n) is 7.68. The van der Waals surface area contributed by atoms with Crippen LogP contribution >= 0.6 is 11.8 Å². The van der Waals surface area contributed by atoms with Crippen molar-refractivity contribution < 1.29 is 9.32 Å². The molecule has 6 nitrogen and oxygen atoms in total. The number of nitrogens with zero attached hydrogens (tertiary/aromatic N) is 3. The zero-order chi connectivity index (χ0) is 16.7. The van der Waals surface area contributed by atoms with Gasteiger partial charge in [-0.2, -0.15) is 4.98 Å². The molecule has 0 saturated heterocycles. The predicted molar refractivity (Wildman–Crippen MR) is 91.6 cm³/mol. The fourth-order valence-electron chi connectivity index (χ4n) is 2.11. The van der Waals surface area contributed by atoms with Crippen molar-refractivity contribution in [2.45, 2.75) is 38.1 Å². The Hall–Kier alpha value is -2.02. The van der Waals surface area contributed by atoms with Crippen molar-refractivity contribution in [2.24, 2.45) is 0 Å². The van der Waals surface area contributed by atoms with Gasteiger partial charge in [-0.3, -0.25) is 0 Å². The molecule has 1 N–H and O–H groups in total. The van der Waals surface area contributed by atoms with Crippen LogP contribution in [0.3, 0.4) is 0 Å². The molecule has 0 unspecified atom stereocenters. The minimum atomic E-state index is -0.171. The zero-order valence-corrected chi connectivity index (χ0v) is 14.5. The normalized spacial score (nSPS) is 10.6. The first-order valence-corrected chi connectivity index (χ1v) is 8.90. The standard InChI is InChI=1S/C16H22N4O2S/c1-4-8-15-18-14(19-22-15)11-20(5-2)16(21)17-12-9-6-7-10-13(12)23-3/h6-7,9-10H,4-5,8,11H2,1-3H3,(H,17,21). The molecule has 1 heterocycles. The lowest BCUT2D eigenvalue weighted by molar-refractivity contribution is 0.210. The van der Waals surface area contributed by atoms with Gasteiger partial charge in [-0.25, -0.2) is 4.79 Å². The molecule has 0 saturated carbocycles. The molecule has 0 spiro atoms. The number of thioether (sulfide) groups is 1. The van der Waals surface area contributed by atoms with E-state index in [0.29, 0.717) is 24.8 Å². The smallest absolute Gasteiger partial charge is 0.322 e. The number of aromatic nitrogens is 2. The number of para-hydroxylation sites is 1. The number of carbonyl (C=O) groups excluding carboxylic acids is 1. The molecule has 2 amide bonds. The van der Waals surface area contributed by atoms with E-state index < -0.39 is 0 Å². The van der Waals surface area contributed by atoms with Gasteiger partial charge in [-0.15, -0.1) is 11.8 Å². The Morgan fingerprint density at radius 1 is 1.35 bits per heavy atom. The van der Waals surface area contributed by atoms with E-state index in [1.165, 1.54) is 0 Å². The molecule has 1 aromatic heterocycles. The Morgan fingerprint density at radius 2 is 2.13 bits per heavy atom. The number of carbonyl (C=O) groups is 1. The van der Waals surface area contributed by atoms with Gasteiger partial charge >= 0.3 is 6.03 Å². The first-order chi connectivity index (χ1) is 11.2. The van der Waals surface area contributed by atoms with Gasteiger partial charge in [0.05, 0.1) is 12.2 Å². The highest BCUT2D eigenvalue weighted by atomic mass is 32.2. The summed E-state index contributed by atoms with van der Waals surface area (Å²) >= 11 is 1.60. The highest BCUT2D eigenvalue weighted by molar-refractivity contribution is 7.98. The van der Waals surface area contributed by atoms with Crippen molar-refractivity contribution in [3.63, 3.8) is 0 Å². The van der Waals surface area contributed by atoms with E-state index in [1.54, 1.807) is 16.7 Å². The van der Waals surface area contributed by atoms with Gasteiger partial charge < -0.3 is 14.7 Å². The number of nitrogens with one attached hydrogen (secondary N) is 1. The molecule has 0 radical (unpaired) electrons. The number of hydrogen-bond donors (Lipinski definition) is 1. The average Bonchev–Trinajstić information content (AvgIpc) is 3.00. The number of benzene rings is 1. The highest BCUT2D eigenvalue weighted by Gasteiger charge is 2.16. The molecule has 2 aromatic rings. The van der Waals surface area contributed by atoms with Crippen LogP contribution in [0.15, 0.2) is 33.7 Å². The van der Waals surface area contributed by atoms with Crippen molar-refractivity contribution in [1.82, 2.24) is 15.0 Å². The van der Waals surface area contributed by atoms with E-state index in [1.807, 2.05) is 37.4 Å². The average molecular weight is 334 g/mol. The fourth-order valence-corrected chi connectivity index (χ4v) is 2.66. The molecule has 7 heteroatoms. The molecule has 0 aliphatic rings. The molecule has 124 valence electrons. The summed E-state index contributed by atoms with van der Waals surface area (Å²) in [4.78, 5) is 19.5. The fraction of sp³-hybridized carbons (Fsp3) is 0.438. The van der Waals surface area contributed by atoms with Crippen molar-refractivity contribution in [1.29, 1.82) is 0 Å². The Morgan fingerprint density at radius 3 is 2.83 bits per heavy atom. The third kappa shape index (κ3) is 4.72. The second-order valence-electron chi connectivity index (χ2n) is 5.00. The van der Waals surface area contributed by atoms with E-state index in [-0.39, 0.29) is 6.03 Å². The van der Waals surface area contributed by atoms with Crippen LogP contribution in [-0.2, 0) is 13.0 Å². The molecule has 0 fully saturated rings. The van der Waals surface area contributed by atoms with Crippen LogP contribution in [-0.4, -0.2) is 33.9 Å². The van der Waals surface area contributed by atoms with Gasteiger partial charge in [-0.1, -0.05) is 24.2 Å². The van der Waals surface area contributed by atoms with Crippen LogP contribution in [0.2, 0.25) is 0 Å². The maximum Gasteiger partial charge on any atom is 0.322 e. The number of rotatable bonds is 7. The molecule has 2 rings (SSSR count). The Kier molecular flexibility index (Phi) is 6.46. The van der Waals surface area contributed by atoms with Crippen LogP contribution in [0.1, 0.15) is 32.0 Å². The van der Waals surface area contributed by atoms with Gasteiger partial charge in [0.2, 0.25) is 5.89 Å². The van der Waals surface area contributed by atoms with Crippen LogP contribution < -0.4 is 5.32 Å². The van der Waals surface area contributed by atoms with E-state index in [0.717, 1.165) is 23.4 Å². The van der Waals surface area contributed by atoms with Crippen LogP contribution in [0.4, 0.5) is 10.5 Å². The van der Waals surface area contributed by atoms with Gasteiger partial charge in [0.1, 0.15) is 0 Å². The molecule has 0 aliphatic heterocycles. The quantitative estimate of drug-likeness (QED) is 0.780. The lowest BCUT2D eigenvalue weighted by Crippen LogP contribution is -2.34. The maximum absolute atomic E-state index is 12.5. The second kappa shape index (κ2) is 8.57. The summed E-state index contributed by atoms with van der Waals surface area (Å²) in [6.45, 7) is 4.87. The molecule has 23 heavy (non-hydrogen) atoms. The van der Waals surface area contributed by atoms with Crippen molar-refractivity contribution in [2.75, 3.05) is 18.1 Å². The van der Waals surface area contributed by atoms with Crippen molar-refractivity contribution >= 4 is 23.5 Å². The minimum absolute atomic E-state index is 0.171. The first kappa shape index (κ1) is 17.3. The summed E-state index contributed by atoms with van der Waals surface area (Å²) in [6.07, 6.45) is 3.69. The van der Waals surface area contributed by atoms with Crippen LogP contribution in [0.5, 0.6) is 0 Å². The van der Waals surface area contributed by atoms with E-state index in [4.69, 9.17) is 4.52 Å². The maximum atomic E-state index is 12.5. The molecular weight excluding hydrogens is 312 g/mol. The molecule has 0 bridgehead atoms.